The fourth-order valence-corrected chi connectivity index (χ4v) is 3.39. The van der Waals surface area contributed by atoms with Crippen LogP contribution in [0.3, 0.4) is 0 Å². The molecule has 0 bridgehead atoms. The lowest BCUT2D eigenvalue weighted by Crippen LogP contribution is -2.31. The van der Waals surface area contributed by atoms with Gasteiger partial charge in [-0.15, -0.1) is 0 Å². The molecule has 0 saturated heterocycles. The Kier molecular flexibility index (Phi) is 4.92. The van der Waals surface area contributed by atoms with Gasteiger partial charge < -0.3 is 15.0 Å². The molecule has 0 fully saturated rings. The molecule has 27 heavy (non-hydrogen) atoms. The number of hydrogen-bond acceptors (Lipinski definition) is 5. The maximum Gasteiger partial charge on any atom is 0.229 e. The standard InChI is InChI=1S/C22H24N4O/c1-3-27-20-10-8-19(9-11-20)24-22-23-16(2)14-21(25-22)26-13-12-17-6-4-5-7-18(17)15-26/h4-11,14H,3,12-13,15H2,1-2H3,(H,23,24,25). The van der Waals surface area contributed by atoms with Crippen LogP contribution in [0.15, 0.2) is 54.6 Å². The third-order valence-electron chi connectivity index (χ3n) is 4.72. The molecular formula is C22H24N4O. The summed E-state index contributed by atoms with van der Waals surface area (Å²) in [6, 6.07) is 18.5. The van der Waals surface area contributed by atoms with Crippen molar-refractivity contribution in [3.8, 4) is 5.75 Å². The molecule has 0 radical (unpaired) electrons. The average molecular weight is 360 g/mol. The minimum atomic E-state index is 0.619. The summed E-state index contributed by atoms with van der Waals surface area (Å²) in [5.74, 6) is 2.44. The van der Waals surface area contributed by atoms with Gasteiger partial charge in [0.25, 0.3) is 0 Å². The third-order valence-corrected chi connectivity index (χ3v) is 4.72. The van der Waals surface area contributed by atoms with Crippen LogP contribution in [0.5, 0.6) is 5.75 Å². The van der Waals surface area contributed by atoms with Gasteiger partial charge in [0.05, 0.1) is 6.61 Å². The zero-order chi connectivity index (χ0) is 18.6. The second kappa shape index (κ2) is 7.66. The summed E-state index contributed by atoms with van der Waals surface area (Å²) in [6.07, 6.45) is 1.04. The lowest BCUT2D eigenvalue weighted by Gasteiger charge is -2.30. The normalized spacial score (nSPS) is 13.2. The molecule has 4 rings (SSSR count). The molecular weight excluding hydrogens is 336 g/mol. The molecule has 5 heteroatoms. The molecule has 1 aromatic heterocycles. The summed E-state index contributed by atoms with van der Waals surface area (Å²) in [6.45, 7) is 6.50. The van der Waals surface area contributed by atoms with Crippen LogP contribution in [-0.2, 0) is 13.0 Å². The Labute approximate surface area is 160 Å². The largest absolute Gasteiger partial charge is 0.494 e. The minimum absolute atomic E-state index is 0.619. The number of ether oxygens (including phenoxy) is 1. The zero-order valence-corrected chi connectivity index (χ0v) is 15.8. The first-order chi connectivity index (χ1) is 13.2. The highest BCUT2D eigenvalue weighted by atomic mass is 16.5. The number of anilines is 3. The second-order valence-corrected chi connectivity index (χ2v) is 6.71. The minimum Gasteiger partial charge on any atom is -0.494 e. The average Bonchev–Trinajstić information content (AvgIpc) is 2.69. The first-order valence-electron chi connectivity index (χ1n) is 9.38. The van der Waals surface area contributed by atoms with Gasteiger partial charge >= 0.3 is 0 Å². The highest BCUT2D eigenvalue weighted by molar-refractivity contribution is 5.57. The molecule has 0 aliphatic carbocycles. The Balaban J connectivity index is 1.53. The van der Waals surface area contributed by atoms with Gasteiger partial charge in [-0.05, 0) is 55.7 Å². The number of aryl methyl sites for hydroxylation is 1. The van der Waals surface area contributed by atoms with E-state index in [4.69, 9.17) is 9.72 Å². The summed E-state index contributed by atoms with van der Waals surface area (Å²) >= 11 is 0. The van der Waals surface area contributed by atoms with Gasteiger partial charge in [0.1, 0.15) is 11.6 Å². The first kappa shape index (κ1) is 17.3. The number of hydrogen-bond donors (Lipinski definition) is 1. The van der Waals surface area contributed by atoms with Crippen LogP contribution in [-0.4, -0.2) is 23.1 Å². The van der Waals surface area contributed by atoms with Gasteiger partial charge in [-0.1, -0.05) is 24.3 Å². The molecule has 0 spiro atoms. The summed E-state index contributed by atoms with van der Waals surface area (Å²) < 4.78 is 5.49. The van der Waals surface area contributed by atoms with Crippen molar-refractivity contribution < 1.29 is 4.74 Å². The van der Waals surface area contributed by atoms with E-state index in [0.717, 1.165) is 42.5 Å². The van der Waals surface area contributed by atoms with Crippen molar-refractivity contribution >= 4 is 17.5 Å². The quantitative estimate of drug-likeness (QED) is 0.726. The molecule has 0 saturated carbocycles. The molecule has 0 atom stereocenters. The van der Waals surface area contributed by atoms with E-state index in [1.165, 1.54) is 11.1 Å². The van der Waals surface area contributed by atoms with E-state index in [9.17, 15) is 0 Å². The number of nitrogens with zero attached hydrogens (tertiary/aromatic N) is 3. The van der Waals surface area contributed by atoms with Crippen molar-refractivity contribution in [1.29, 1.82) is 0 Å². The van der Waals surface area contributed by atoms with Crippen molar-refractivity contribution in [3.63, 3.8) is 0 Å². The van der Waals surface area contributed by atoms with E-state index in [1.807, 2.05) is 38.1 Å². The fraction of sp³-hybridized carbons (Fsp3) is 0.273. The van der Waals surface area contributed by atoms with Crippen LogP contribution < -0.4 is 15.0 Å². The Morgan fingerprint density at radius 1 is 1.04 bits per heavy atom. The number of fused-ring (bicyclic) bond motifs is 1. The SMILES string of the molecule is CCOc1ccc(Nc2nc(C)cc(N3CCc4ccccc4C3)n2)cc1. The maximum atomic E-state index is 5.49. The van der Waals surface area contributed by atoms with Gasteiger partial charge in [-0.3, -0.25) is 0 Å². The third kappa shape index (κ3) is 4.03. The van der Waals surface area contributed by atoms with Crippen molar-refractivity contribution in [3.05, 3.63) is 71.4 Å². The summed E-state index contributed by atoms with van der Waals surface area (Å²) in [5.41, 5.74) is 4.71. The Morgan fingerprint density at radius 3 is 2.59 bits per heavy atom. The molecule has 5 nitrogen and oxygen atoms in total. The van der Waals surface area contributed by atoms with E-state index >= 15 is 0 Å². The molecule has 0 amide bonds. The Hall–Kier alpha value is -3.08. The molecule has 2 aromatic carbocycles. The topological polar surface area (TPSA) is 50.3 Å². The molecule has 0 unspecified atom stereocenters. The van der Waals surface area contributed by atoms with Gasteiger partial charge in [0.2, 0.25) is 5.95 Å². The van der Waals surface area contributed by atoms with Crippen LogP contribution >= 0.6 is 0 Å². The number of nitrogens with one attached hydrogen (secondary N) is 1. The Bertz CT molecular complexity index is 924. The summed E-state index contributed by atoms with van der Waals surface area (Å²) in [4.78, 5) is 11.6. The monoisotopic (exact) mass is 360 g/mol. The molecule has 1 aliphatic heterocycles. The molecule has 138 valence electrons. The van der Waals surface area contributed by atoms with Crippen LogP contribution in [0.1, 0.15) is 23.7 Å². The van der Waals surface area contributed by atoms with Gasteiger partial charge in [0, 0.05) is 30.5 Å². The maximum absolute atomic E-state index is 5.49. The van der Waals surface area contributed by atoms with Gasteiger partial charge in [-0.25, -0.2) is 4.98 Å². The van der Waals surface area contributed by atoms with Crippen LogP contribution in [0.4, 0.5) is 17.5 Å². The molecule has 1 N–H and O–H groups in total. The number of aromatic nitrogens is 2. The molecule has 2 heterocycles. The molecule has 1 aliphatic rings. The predicted octanol–water partition coefficient (Wildman–Crippen LogP) is 4.49. The number of rotatable bonds is 5. The van der Waals surface area contributed by atoms with Crippen LogP contribution in [0.2, 0.25) is 0 Å². The van der Waals surface area contributed by atoms with Crippen molar-refractivity contribution in [2.75, 3.05) is 23.4 Å². The van der Waals surface area contributed by atoms with Crippen LogP contribution in [0, 0.1) is 6.92 Å². The van der Waals surface area contributed by atoms with Gasteiger partial charge in [-0.2, -0.15) is 4.98 Å². The van der Waals surface area contributed by atoms with E-state index in [0.29, 0.717) is 12.6 Å². The van der Waals surface area contributed by atoms with E-state index in [1.54, 1.807) is 0 Å². The van der Waals surface area contributed by atoms with Crippen molar-refractivity contribution in [2.45, 2.75) is 26.8 Å². The second-order valence-electron chi connectivity index (χ2n) is 6.71. The predicted molar refractivity (Wildman–Crippen MR) is 109 cm³/mol. The van der Waals surface area contributed by atoms with Crippen molar-refractivity contribution in [1.82, 2.24) is 9.97 Å². The first-order valence-corrected chi connectivity index (χ1v) is 9.38. The summed E-state index contributed by atoms with van der Waals surface area (Å²) in [7, 11) is 0. The lowest BCUT2D eigenvalue weighted by atomic mass is 10.00. The number of benzene rings is 2. The zero-order valence-electron chi connectivity index (χ0n) is 15.8. The fourth-order valence-electron chi connectivity index (χ4n) is 3.39. The molecule has 3 aromatic rings. The smallest absolute Gasteiger partial charge is 0.229 e. The highest BCUT2D eigenvalue weighted by Gasteiger charge is 2.18. The lowest BCUT2D eigenvalue weighted by molar-refractivity contribution is 0.340. The Morgan fingerprint density at radius 2 is 1.81 bits per heavy atom. The van der Waals surface area contributed by atoms with E-state index in [-0.39, 0.29) is 0 Å². The van der Waals surface area contributed by atoms with Crippen molar-refractivity contribution in [2.24, 2.45) is 0 Å². The van der Waals surface area contributed by atoms with E-state index in [2.05, 4.69) is 45.5 Å². The van der Waals surface area contributed by atoms with Crippen LogP contribution in [0.25, 0.3) is 0 Å². The van der Waals surface area contributed by atoms with Gasteiger partial charge in [0.15, 0.2) is 0 Å². The van der Waals surface area contributed by atoms with E-state index < -0.39 is 0 Å². The summed E-state index contributed by atoms with van der Waals surface area (Å²) in [5, 5.41) is 3.31. The highest BCUT2D eigenvalue weighted by Crippen LogP contribution is 2.25.